The number of benzene rings is 1. The van der Waals surface area contributed by atoms with Crippen LogP contribution in [0, 0.1) is 0 Å². The van der Waals surface area contributed by atoms with E-state index in [1.807, 2.05) is 40.0 Å². The van der Waals surface area contributed by atoms with Crippen LogP contribution >= 0.6 is 11.6 Å². The Balaban J connectivity index is 2.65. The van der Waals surface area contributed by atoms with Gasteiger partial charge in [-0.15, -0.1) is 0 Å². The third kappa shape index (κ3) is 1.76. The Morgan fingerprint density at radius 2 is 1.94 bits per heavy atom. The Morgan fingerprint density at radius 1 is 1.29 bits per heavy atom. The van der Waals surface area contributed by atoms with Crippen molar-refractivity contribution in [3.05, 3.63) is 47.0 Å². The van der Waals surface area contributed by atoms with Crippen molar-refractivity contribution in [3.8, 4) is 0 Å². The summed E-state index contributed by atoms with van der Waals surface area (Å²) in [4.78, 5) is 12.2. The summed E-state index contributed by atoms with van der Waals surface area (Å²) >= 11 is 6.18. The Kier molecular flexibility index (Phi) is 2.96. The normalized spacial score (nSPS) is 27.1. The van der Waals surface area contributed by atoms with Gasteiger partial charge < -0.3 is 5.73 Å². The molecule has 1 atom stereocenters. The van der Waals surface area contributed by atoms with Gasteiger partial charge in [0.15, 0.2) is 5.78 Å². The minimum Gasteiger partial charge on any atom is -0.316 e. The van der Waals surface area contributed by atoms with Crippen LogP contribution in [-0.4, -0.2) is 21.5 Å². The molecule has 5 heteroatoms. The number of hydrogen-bond acceptors (Lipinski definition) is 2. The third-order valence-electron chi connectivity index (χ3n) is 3.65. The Hall–Kier alpha value is -0.990. The summed E-state index contributed by atoms with van der Waals surface area (Å²) in [5, 5.41) is 0.204. The highest BCUT2D eigenvalue weighted by atomic mass is 35.5. The van der Waals surface area contributed by atoms with E-state index >= 15 is 0 Å². The zero-order chi connectivity index (χ0) is 12.7. The van der Waals surface area contributed by atoms with Crippen molar-refractivity contribution in [1.29, 1.82) is 0 Å². The second-order valence-corrected chi connectivity index (χ2v) is 5.55. The van der Waals surface area contributed by atoms with Crippen LogP contribution in [0.5, 0.6) is 0 Å². The lowest BCUT2D eigenvalue weighted by Gasteiger charge is -2.45. The van der Waals surface area contributed by atoms with Gasteiger partial charge in [0.05, 0.1) is 5.54 Å². The van der Waals surface area contributed by atoms with Gasteiger partial charge in [-0.2, -0.15) is 0 Å². The highest BCUT2D eigenvalue weighted by Gasteiger charge is 2.49. The lowest BCUT2D eigenvalue weighted by molar-refractivity contribution is -0.120. The molecule has 0 amide bonds. The molecule has 0 spiro atoms. The maximum Gasteiger partial charge on any atom is 0.178 e. The van der Waals surface area contributed by atoms with E-state index in [1.54, 1.807) is 12.1 Å². The van der Waals surface area contributed by atoms with Crippen LogP contribution in [-0.2, 0) is 10.3 Å². The van der Waals surface area contributed by atoms with E-state index in [0.29, 0.717) is 10.6 Å². The molecule has 1 aliphatic rings. The fourth-order valence-electron chi connectivity index (χ4n) is 2.36. The molecule has 2 nitrogen and oxygen atoms in total. The number of rotatable bonds is 1. The van der Waals surface area contributed by atoms with Crippen molar-refractivity contribution in [2.24, 2.45) is 5.73 Å². The first kappa shape index (κ1) is 12.5. The molecule has 1 unspecified atom stereocenters. The second-order valence-electron chi connectivity index (χ2n) is 5.14. The van der Waals surface area contributed by atoms with Gasteiger partial charge in [-0.3, -0.25) is 4.79 Å². The maximum absolute atomic E-state index is 12.2. The smallest absolute Gasteiger partial charge is 0.178 e. The van der Waals surface area contributed by atoms with Gasteiger partial charge in [0.1, 0.15) is 15.7 Å². The largest absolute Gasteiger partial charge is 0.316 e. The quantitative estimate of drug-likeness (QED) is 0.728. The van der Waals surface area contributed by atoms with Gasteiger partial charge in [-0.05, 0) is 24.1 Å². The molecule has 0 bridgehead atoms. The van der Waals surface area contributed by atoms with E-state index in [0.717, 1.165) is 6.42 Å². The number of halogens is 1. The number of ketones is 1. The molecule has 1 aromatic carbocycles. The van der Waals surface area contributed by atoms with Gasteiger partial charge >= 0.3 is 0 Å². The molecule has 17 heavy (non-hydrogen) atoms. The molecule has 2 rings (SSSR count). The minimum atomic E-state index is -1.04. The molecule has 86 valence electrons. The first-order chi connectivity index (χ1) is 7.89. The summed E-state index contributed by atoms with van der Waals surface area (Å²) in [6, 6.07) is 7.30. The van der Waals surface area contributed by atoms with Crippen molar-refractivity contribution in [2.75, 3.05) is 0 Å². The van der Waals surface area contributed by atoms with Gasteiger partial charge in [-0.1, -0.05) is 41.1 Å². The van der Waals surface area contributed by atoms with Crippen LogP contribution in [0.2, 0.25) is 10.2 Å². The summed E-state index contributed by atoms with van der Waals surface area (Å²) in [6.45, 7) is 0. The average molecular weight is 245 g/mol. The van der Waals surface area contributed by atoms with Crippen molar-refractivity contribution in [3.63, 3.8) is 0 Å². The standard InChI is InChI=1S/C12H14B2ClNO/c13-11(14)7-3-6-10(17)12(11,16)8-4-1-2-5-9(8)15/h1-6H,7,13-14,16H2. The number of hydrogen-bond donors (Lipinski definition) is 1. The Bertz CT molecular complexity index is 501. The number of nitrogens with two attached hydrogens (primary N) is 1. The SMILES string of the molecule is BC1(B)CC=CC(=O)C1(N)c1ccccc1Cl. The number of carbonyl (C=O) groups excluding carboxylic acids is 1. The number of allylic oxidation sites excluding steroid dienone is 1. The summed E-state index contributed by atoms with van der Waals surface area (Å²) in [6.07, 6.45) is 4.21. The van der Waals surface area contributed by atoms with Gasteiger partial charge in [0.25, 0.3) is 0 Å². The molecule has 0 aliphatic heterocycles. The molecule has 0 fully saturated rings. The topological polar surface area (TPSA) is 43.1 Å². The summed E-state index contributed by atoms with van der Waals surface area (Å²) in [7, 11) is 4.00. The van der Waals surface area contributed by atoms with E-state index in [2.05, 4.69) is 0 Å². The first-order valence-corrected chi connectivity index (χ1v) is 6.02. The zero-order valence-corrected chi connectivity index (χ0v) is 10.8. The third-order valence-corrected chi connectivity index (χ3v) is 3.98. The van der Waals surface area contributed by atoms with Crippen molar-refractivity contribution < 1.29 is 4.79 Å². The van der Waals surface area contributed by atoms with E-state index in [4.69, 9.17) is 17.3 Å². The summed E-state index contributed by atoms with van der Waals surface area (Å²) in [5.74, 6) is -0.0816. The van der Waals surface area contributed by atoms with Gasteiger partial charge in [-0.25, -0.2) is 0 Å². The Labute approximate surface area is 108 Å². The van der Waals surface area contributed by atoms with Crippen LogP contribution in [0.4, 0.5) is 0 Å². The average Bonchev–Trinajstić information content (AvgIpc) is 2.26. The molecule has 0 saturated carbocycles. The first-order valence-electron chi connectivity index (χ1n) is 5.64. The van der Waals surface area contributed by atoms with Gasteiger partial charge in [0, 0.05) is 5.02 Å². The summed E-state index contributed by atoms with van der Waals surface area (Å²) < 4.78 is 0. The monoisotopic (exact) mass is 245 g/mol. The fraction of sp³-hybridized carbons (Fsp3) is 0.250. The predicted molar refractivity (Wildman–Crippen MR) is 75.9 cm³/mol. The van der Waals surface area contributed by atoms with Crippen LogP contribution in [0.3, 0.4) is 0 Å². The van der Waals surface area contributed by atoms with Crippen molar-refractivity contribution in [1.82, 2.24) is 0 Å². The summed E-state index contributed by atoms with van der Waals surface area (Å²) in [5.41, 5.74) is 6.08. The molecule has 0 heterocycles. The lowest BCUT2D eigenvalue weighted by Crippen LogP contribution is -2.56. The fourth-order valence-corrected chi connectivity index (χ4v) is 2.65. The molecule has 1 aliphatic carbocycles. The molecule has 1 aromatic rings. The maximum atomic E-state index is 12.2. The lowest BCUT2D eigenvalue weighted by atomic mass is 9.40. The van der Waals surface area contributed by atoms with Crippen molar-refractivity contribution in [2.45, 2.75) is 17.2 Å². The molecule has 2 N–H and O–H groups in total. The van der Waals surface area contributed by atoms with Crippen LogP contribution < -0.4 is 5.73 Å². The predicted octanol–water partition coefficient (Wildman–Crippen LogP) is 0.405. The molecule has 0 aromatic heterocycles. The molecule has 0 radical (unpaired) electrons. The molecule has 0 saturated heterocycles. The highest BCUT2D eigenvalue weighted by Crippen LogP contribution is 2.47. The molecular formula is C12H14B2ClNO. The van der Waals surface area contributed by atoms with Crippen molar-refractivity contribution >= 4 is 33.1 Å². The zero-order valence-electron chi connectivity index (χ0n) is 10.0. The van der Waals surface area contributed by atoms with E-state index in [9.17, 15) is 4.79 Å². The van der Waals surface area contributed by atoms with Crippen LogP contribution in [0.25, 0.3) is 0 Å². The van der Waals surface area contributed by atoms with Gasteiger partial charge in [0.2, 0.25) is 0 Å². The highest BCUT2D eigenvalue weighted by molar-refractivity contribution is 6.44. The second kappa shape index (κ2) is 4.04. The van der Waals surface area contributed by atoms with Crippen LogP contribution in [0.1, 0.15) is 12.0 Å². The Morgan fingerprint density at radius 3 is 2.53 bits per heavy atom. The number of carbonyl (C=O) groups is 1. The van der Waals surface area contributed by atoms with Crippen LogP contribution in [0.15, 0.2) is 36.4 Å². The minimum absolute atomic E-state index is 0.0816. The van der Waals surface area contributed by atoms with E-state index in [1.165, 1.54) is 0 Å². The van der Waals surface area contributed by atoms with E-state index < -0.39 is 5.54 Å². The van der Waals surface area contributed by atoms with E-state index in [-0.39, 0.29) is 11.0 Å². The molecular weight excluding hydrogens is 231 g/mol.